The summed E-state index contributed by atoms with van der Waals surface area (Å²) in [4.78, 5) is 11.9. The van der Waals surface area contributed by atoms with E-state index in [0.29, 0.717) is 16.1 Å². The number of aromatic nitrogens is 2. The van der Waals surface area contributed by atoms with Crippen molar-refractivity contribution < 1.29 is 4.79 Å². The Balaban J connectivity index is 1.99. The van der Waals surface area contributed by atoms with Crippen LogP contribution in [0.5, 0.6) is 0 Å². The van der Waals surface area contributed by atoms with E-state index in [2.05, 4.69) is 57.5 Å². The predicted octanol–water partition coefficient (Wildman–Crippen LogP) is 3.07. The van der Waals surface area contributed by atoms with E-state index in [1.807, 2.05) is 12.1 Å². The molecule has 0 aliphatic rings. The van der Waals surface area contributed by atoms with Crippen LogP contribution in [0.4, 0.5) is 0 Å². The van der Waals surface area contributed by atoms with Gasteiger partial charge in [-0.05, 0) is 33.0 Å². The monoisotopic (exact) mass is 348 g/mol. The normalized spacial score (nSPS) is 11.3. The third-order valence-electron chi connectivity index (χ3n) is 2.98. The fourth-order valence-corrected chi connectivity index (χ4v) is 2.35. The molecule has 1 amide bonds. The first-order valence-electron chi connectivity index (χ1n) is 6.60. The summed E-state index contributed by atoms with van der Waals surface area (Å²) in [6.45, 7) is 4.29. The summed E-state index contributed by atoms with van der Waals surface area (Å²) in [6, 6.07) is 8.07. The Hall–Kier alpha value is -1.95. The third-order valence-corrected chi connectivity index (χ3v) is 3.56. The predicted molar refractivity (Wildman–Crippen MR) is 86.5 cm³/mol. The lowest BCUT2D eigenvalue weighted by Crippen LogP contribution is -2.18. The van der Waals surface area contributed by atoms with Gasteiger partial charge in [-0.1, -0.05) is 38.1 Å². The largest absolute Gasteiger partial charge is 0.293 e. The third kappa shape index (κ3) is 4.01. The Bertz CT molecular complexity index is 659. The van der Waals surface area contributed by atoms with E-state index >= 15 is 0 Å². The quantitative estimate of drug-likeness (QED) is 0.681. The summed E-state index contributed by atoms with van der Waals surface area (Å²) in [5, 5.41) is 8.00. The second-order valence-corrected chi connectivity index (χ2v) is 5.87. The maximum Gasteiger partial charge on any atom is 0.293 e. The summed E-state index contributed by atoms with van der Waals surface area (Å²) in [5.74, 6) is 0.148. The fraction of sp³-hybridized carbons (Fsp3) is 0.267. The molecular formula is C15H17BrN4O. The summed E-state index contributed by atoms with van der Waals surface area (Å²) in [7, 11) is 1.75. The Morgan fingerprint density at radius 1 is 1.38 bits per heavy atom. The molecule has 1 N–H and O–H groups in total. The van der Waals surface area contributed by atoms with E-state index in [1.54, 1.807) is 24.1 Å². The van der Waals surface area contributed by atoms with Crippen molar-refractivity contribution in [2.24, 2.45) is 12.1 Å². The van der Waals surface area contributed by atoms with Crippen LogP contribution in [0.1, 0.15) is 41.4 Å². The first kappa shape index (κ1) is 15.4. The number of carbonyl (C=O) groups excluding carboxylic acids is 1. The molecule has 6 heteroatoms. The Labute approximate surface area is 132 Å². The van der Waals surface area contributed by atoms with Gasteiger partial charge in [-0.15, -0.1) is 0 Å². The number of hydrogen-bond donors (Lipinski definition) is 1. The minimum Gasteiger partial charge on any atom is -0.274 e. The van der Waals surface area contributed by atoms with Crippen LogP contribution in [-0.2, 0) is 7.05 Å². The van der Waals surface area contributed by atoms with Gasteiger partial charge in [0.15, 0.2) is 5.69 Å². The van der Waals surface area contributed by atoms with E-state index in [9.17, 15) is 4.79 Å². The molecule has 1 aromatic carbocycles. The van der Waals surface area contributed by atoms with Crippen LogP contribution in [0.3, 0.4) is 0 Å². The van der Waals surface area contributed by atoms with E-state index < -0.39 is 0 Å². The van der Waals surface area contributed by atoms with Crippen LogP contribution < -0.4 is 5.43 Å². The van der Waals surface area contributed by atoms with Gasteiger partial charge in [0.1, 0.15) is 0 Å². The average molecular weight is 349 g/mol. The molecular weight excluding hydrogens is 332 g/mol. The molecule has 110 valence electrons. The molecule has 1 heterocycles. The van der Waals surface area contributed by atoms with E-state index in [0.717, 1.165) is 5.56 Å². The summed E-state index contributed by atoms with van der Waals surface area (Å²) in [6.07, 6.45) is 3.32. The van der Waals surface area contributed by atoms with Crippen molar-refractivity contribution >= 4 is 28.1 Å². The zero-order valence-corrected chi connectivity index (χ0v) is 13.8. The van der Waals surface area contributed by atoms with Crippen molar-refractivity contribution in [3.63, 3.8) is 0 Å². The molecule has 0 fully saturated rings. The number of nitrogens with one attached hydrogen (secondary N) is 1. The van der Waals surface area contributed by atoms with Crippen LogP contribution in [0.2, 0.25) is 0 Å². The first-order chi connectivity index (χ1) is 9.97. The number of benzene rings is 1. The zero-order valence-electron chi connectivity index (χ0n) is 12.2. The molecule has 2 rings (SSSR count). The first-order valence-corrected chi connectivity index (χ1v) is 7.39. The Kier molecular flexibility index (Phi) is 4.90. The Morgan fingerprint density at radius 3 is 2.57 bits per heavy atom. The molecule has 0 spiro atoms. The van der Waals surface area contributed by atoms with Crippen molar-refractivity contribution in [3.05, 3.63) is 51.8 Å². The van der Waals surface area contributed by atoms with Gasteiger partial charge in [-0.25, -0.2) is 5.43 Å². The highest BCUT2D eigenvalue weighted by Gasteiger charge is 2.13. The second kappa shape index (κ2) is 6.67. The number of hydrazone groups is 1. The smallest absolute Gasteiger partial charge is 0.274 e. The molecule has 0 aliphatic carbocycles. The van der Waals surface area contributed by atoms with Crippen LogP contribution in [0, 0.1) is 0 Å². The maximum atomic E-state index is 11.9. The lowest BCUT2D eigenvalue weighted by atomic mass is 10.0. The highest BCUT2D eigenvalue weighted by atomic mass is 79.9. The average Bonchev–Trinajstić information content (AvgIpc) is 2.78. The van der Waals surface area contributed by atoms with Gasteiger partial charge < -0.3 is 0 Å². The fourth-order valence-electron chi connectivity index (χ4n) is 1.80. The van der Waals surface area contributed by atoms with Crippen LogP contribution in [-0.4, -0.2) is 21.9 Å². The molecule has 0 aliphatic heterocycles. The molecule has 1 aromatic heterocycles. The summed E-state index contributed by atoms with van der Waals surface area (Å²) in [5.41, 5.74) is 4.98. The summed E-state index contributed by atoms with van der Waals surface area (Å²) < 4.78 is 2.20. The van der Waals surface area contributed by atoms with E-state index in [1.165, 1.54) is 5.56 Å². The van der Waals surface area contributed by atoms with Gasteiger partial charge >= 0.3 is 0 Å². The maximum absolute atomic E-state index is 11.9. The molecule has 0 atom stereocenters. The number of nitrogens with zero attached hydrogens (tertiary/aromatic N) is 3. The molecule has 0 saturated heterocycles. The zero-order chi connectivity index (χ0) is 15.4. The lowest BCUT2D eigenvalue weighted by Gasteiger charge is -2.04. The number of aryl methyl sites for hydroxylation is 1. The summed E-state index contributed by atoms with van der Waals surface area (Å²) >= 11 is 3.28. The van der Waals surface area contributed by atoms with Gasteiger partial charge in [0.25, 0.3) is 5.91 Å². The number of halogens is 1. The molecule has 0 unspecified atom stereocenters. The van der Waals surface area contributed by atoms with Crippen molar-refractivity contribution in [2.75, 3.05) is 0 Å². The van der Waals surface area contributed by atoms with Crippen LogP contribution >= 0.6 is 15.9 Å². The molecule has 21 heavy (non-hydrogen) atoms. The minimum atomic E-state index is -0.350. The highest BCUT2D eigenvalue weighted by Crippen LogP contribution is 2.14. The van der Waals surface area contributed by atoms with Gasteiger partial charge in [-0.3, -0.25) is 9.48 Å². The lowest BCUT2D eigenvalue weighted by molar-refractivity contribution is 0.0948. The Morgan fingerprint density at radius 2 is 2.05 bits per heavy atom. The number of amides is 1. The molecule has 0 radical (unpaired) electrons. The molecule has 0 saturated carbocycles. The second-order valence-electron chi connectivity index (χ2n) is 5.02. The molecule has 5 nitrogen and oxygen atoms in total. The number of carbonyl (C=O) groups is 1. The van der Waals surface area contributed by atoms with Crippen molar-refractivity contribution in [1.29, 1.82) is 0 Å². The van der Waals surface area contributed by atoms with Crippen LogP contribution in [0.25, 0.3) is 0 Å². The number of hydrogen-bond acceptors (Lipinski definition) is 3. The van der Waals surface area contributed by atoms with Crippen molar-refractivity contribution in [2.45, 2.75) is 19.8 Å². The SMILES string of the molecule is CC(C)c1ccc(C=NNC(=O)c2nn(C)cc2Br)cc1. The van der Waals surface area contributed by atoms with Crippen molar-refractivity contribution in [1.82, 2.24) is 15.2 Å². The topological polar surface area (TPSA) is 59.3 Å². The van der Waals surface area contributed by atoms with Gasteiger partial charge in [-0.2, -0.15) is 10.2 Å². The molecule has 0 bridgehead atoms. The minimum absolute atomic E-state index is 0.310. The van der Waals surface area contributed by atoms with Gasteiger partial charge in [0.05, 0.1) is 10.7 Å². The molecule has 2 aromatic rings. The van der Waals surface area contributed by atoms with Gasteiger partial charge in [0.2, 0.25) is 0 Å². The number of rotatable bonds is 4. The highest BCUT2D eigenvalue weighted by molar-refractivity contribution is 9.10. The standard InChI is InChI=1S/C15H17BrN4O/c1-10(2)12-6-4-11(5-7-12)8-17-18-15(21)14-13(16)9-20(3)19-14/h4-10H,1-3H3,(H,18,21). The van der Waals surface area contributed by atoms with Gasteiger partial charge in [0, 0.05) is 13.2 Å². The van der Waals surface area contributed by atoms with Crippen LogP contribution in [0.15, 0.2) is 40.0 Å². The van der Waals surface area contributed by atoms with Crippen molar-refractivity contribution in [3.8, 4) is 0 Å². The van der Waals surface area contributed by atoms with E-state index in [-0.39, 0.29) is 5.91 Å². The van der Waals surface area contributed by atoms with E-state index in [4.69, 9.17) is 0 Å².